The van der Waals surface area contributed by atoms with E-state index in [1.165, 1.54) is 12.1 Å². The molecule has 2 rings (SSSR count). The van der Waals surface area contributed by atoms with Crippen LogP contribution in [0.4, 0.5) is 10.1 Å². The molecule has 0 spiro atoms. The lowest BCUT2D eigenvalue weighted by molar-refractivity contribution is 0.474. The molecule has 0 unspecified atom stereocenters. The maximum absolute atomic E-state index is 13.5. The number of aryl methyl sites for hydroxylation is 1. The van der Waals surface area contributed by atoms with Crippen LogP contribution < -0.4 is 10.5 Å². The Balaban J connectivity index is 2.40. The Morgan fingerprint density at radius 3 is 2.61 bits per heavy atom. The molecule has 2 aromatic rings. The van der Waals surface area contributed by atoms with Gasteiger partial charge in [-0.15, -0.1) is 0 Å². The van der Waals surface area contributed by atoms with Gasteiger partial charge in [-0.05, 0) is 53.0 Å². The van der Waals surface area contributed by atoms with Crippen LogP contribution in [0.15, 0.2) is 34.8 Å². The Labute approximate surface area is 114 Å². The van der Waals surface area contributed by atoms with Gasteiger partial charge in [-0.3, -0.25) is 0 Å². The summed E-state index contributed by atoms with van der Waals surface area (Å²) in [6.07, 6.45) is 0. The monoisotopic (exact) mass is 309 g/mol. The summed E-state index contributed by atoms with van der Waals surface area (Å²) in [6, 6.07) is 8.50. The SMILES string of the molecule is Cc1cccc(Oc2cc(F)c(Br)cc2N)c1C. The van der Waals surface area contributed by atoms with Crippen molar-refractivity contribution in [1.82, 2.24) is 0 Å². The Hall–Kier alpha value is -1.55. The van der Waals surface area contributed by atoms with E-state index < -0.39 is 5.82 Å². The molecule has 2 aromatic carbocycles. The van der Waals surface area contributed by atoms with Gasteiger partial charge in [0.25, 0.3) is 0 Å². The van der Waals surface area contributed by atoms with Crippen LogP contribution in [0.1, 0.15) is 11.1 Å². The summed E-state index contributed by atoms with van der Waals surface area (Å²) in [5.74, 6) is 0.609. The normalized spacial score (nSPS) is 10.4. The quantitative estimate of drug-likeness (QED) is 0.824. The van der Waals surface area contributed by atoms with E-state index in [4.69, 9.17) is 10.5 Å². The first kappa shape index (κ1) is 12.9. The van der Waals surface area contributed by atoms with Gasteiger partial charge in [-0.2, -0.15) is 0 Å². The van der Waals surface area contributed by atoms with Gasteiger partial charge in [0.15, 0.2) is 5.75 Å². The van der Waals surface area contributed by atoms with Crippen molar-refractivity contribution in [2.45, 2.75) is 13.8 Å². The summed E-state index contributed by atoms with van der Waals surface area (Å²) in [5, 5.41) is 0. The molecule has 0 saturated carbocycles. The molecule has 0 heterocycles. The molecule has 0 atom stereocenters. The summed E-state index contributed by atoms with van der Waals surface area (Å²) >= 11 is 3.08. The van der Waals surface area contributed by atoms with Gasteiger partial charge in [0, 0.05) is 6.07 Å². The number of hydrogen-bond acceptors (Lipinski definition) is 2. The van der Waals surface area contributed by atoms with E-state index in [-0.39, 0.29) is 0 Å². The van der Waals surface area contributed by atoms with Crippen LogP contribution in [0.3, 0.4) is 0 Å². The minimum atomic E-state index is -0.399. The molecule has 0 aliphatic rings. The molecule has 0 bridgehead atoms. The summed E-state index contributed by atoms with van der Waals surface area (Å²) in [4.78, 5) is 0. The van der Waals surface area contributed by atoms with E-state index in [9.17, 15) is 4.39 Å². The average molecular weight is 310 g/mol. The molecule has 4 heteroatoms. The molecule has 0 amide bonds. The molecule has 2 nitrogen and oxygen atoms in total. The zero-order valence-corrected chi connectivity index (χ0v) is 11.7. The molecule has 0 aliphatic carbocycles. The van der Waals surface area contributed by atoms with Crippen molar-refractivity contribution < 1.29 is 9.13 Å². The number of rotatable bonds is 2. The molecule has 18 heavy (non-hydrogen) atoms. The fraction of sp³-hybridized carbons (Fsp3) is 0.143. The van der Waals surface area contributed by atoms with Gasteiger partial charge in [0.05, 0.1) is 10.2 Å². The van der Waals surface area contributed by atoms with Gasteiger partial charge in [-0.25, -0.2) is 4.39 Å². The van der Waals surface area contributed by atoms with Crippen LogP contribution in [0.2, 0.25) is 0 Å². The van der Waals surface area contributed by atoms with Gasteiger partial charge in [-0.1, -0.05) is 12.1 Å². The highest BCUT2D eigenvalue weighted by molar-refractivity contribution is 9.10. The summed E-state index contributed by atoms with van der Waals surface area (Å²) in [7, 11) is 0. The van der Waals surface area contributed by atoms with E-state index in [1.54, 1.807) is 0 Å². The highest BCUT2D eigenvalue weighted by Gasteiger charge is 2.10. The number of benzene rings is 2. The zero-order valence-electron chi connectivity index (χ0n) is 10.1. The summed E-state index contributed by atoms with van der Waals surface area (Å²) in [5.41, 5.74) is 8.33. The Kier molecular flexibility index (Phi) is 3.57. The number of nitrogens with two attached hydrogens (primary N) is 1. The first-order valence-corrected chi connectivity index (χ1v) is 6.27. The second-order valence-electron chi connectivity index (χ2n) is 4.10. The summed E-state index contributed by atoms with van der Waals surface area (Å²) in [6.45, 7) is 3.95. The van der Waals surface area contributed by atoms with Crippen molar-refractivity contribution in [3.63, 3.8) is 0 Å². The van der Waals surface area contributed by atoms with Crippen molar-refractivity contribution in [2.24, 2.45) is 0 Å². The smallest absolute Gasteiger partial charge is 0.153 e. The maximum Gasteiger partial charge on any atom is 0.153 e. The lowest BCUT2D eigenvalue weighted by Crippen LogP contribution is -1.96. The average Bonchev–Trinajstić information content (AvgIpc) is 2.32. The first-order valence-electron chi connectivity index (χ1n) is 5.47. The molecule has 0 aromatic heterocycles. The lowest BCUT2D eigenvalue weighted by Gasteiger charge is -2.12. The highest BCUT2D eigenvalue weighted by Crippen LogP contribution is 2.33. The largest absolute Gasteiger partial charge is 0.455 e. The third kappa shape index (κ3) is 2.48. The van der Waals surface area contributed by atoms with Crippen LogP contribution >= 0.6 is 15.9 Å². The van der Waals surface area contributed by atoms with E-state index in [2.05, 4.69) is 15.9 Å². The Bertz CT molecular complexity index is 599. The van der Waals surface area contributed by atoms with Crippen LogP contribution in [0.25, 0.3) is 0 Å². The van der Waals surface area contributed by atoms with E-state index in [0.717, 1.165) is 11.1 Å². The molecule has 0 fully saturated rings. The topological polar surface area (TPSA) is 35.2 Å². The molecular formula is C14H13BrFNO. The number of nitrogen functional groups attached to an aromatic ring is 1. The third-order valence-electron chi connectivity index (χ3n) is 2.83. The van der Waals surface area contributed by atoms with Gasteiger partial charge in [0.2, 0.25) is 0 Å². The van der Waals surface area contributed by atoms with E-state index >= 15 is 0 Å². The third-order valence-corrected chi connectivity index (χ3v) is 3.44. The van der Waals surface area contributed by atoms with E-state index in [1.807, 2.05) is 32.0 Å². The number of halogens is 2. The molecular weight excluding hydrogens is 297 g/mol. The molecule has 94 valence electrons. The van der Waals surface area contributed by atoms with Crippen LogP contribution in [0, 0.1) is 19.7 Å². The Morgan fingerprint density at radius 1 is 1.17 bits per heavy atom. The predicted octanol–water partition coefficient (Wildman–Crippen LogP) is 4.58. The summed E-state index contributed by atoms with van der Waals surface area (Å²) < 4.78 is 19.5. The second kappa shape index (κ2) is 4.98. The lowest BCUT2D eigenvalue weighted by atomic mass is 10.1. The van der Waals surface area contributed by atoms with Crippen LogP contribution in [0.5, 0.6) is 11.5 Å². The number of ether oxygens (including phenoxy) is 1. The standard InChI is InChI=1S/C14H13BrFNO/c1-8-4-3-5-13(9(8)2)18-14-7-11(16)10(15)6-12(14)17/h3-7H,17H2,1-2H3. The minimum absolute atomic E-state index is 0.324. The van der Waals surface area contributed by atoms with Crippen molar-refractivity contribution in [3.05, 3.63) is 51.7 Å². The molecule has 0 aliphatic heterocycles. The fourth-order valence-electron chi connectivity index (χ4n) is 1.59. The van der Waals surface area contributed by atoms with Gasteiger partial charge < -0.3 is 10.5 Å². The Morgan fingerprint density at radius 2 is 1.89 bits per heavy atom. The van der Waals surface area contributed by atoms with Crippen LogP contribution in [-0.4, -0.2) is 0 Å². The van der Waals surface area contributed by atoms with Gasteiger partial charge >= 0.3 is 0 Å². The first-order chi connectivity index (χ1) is 8.49. The van der Waals surface area contributed by atoms with Gasteiger partial charge in [0.1, 0.15) is 11.6 Å². The fourth-order valence-corrected chi connectivity index (χ4v) is 1.95. The minimum Gasteiger partial charge on any atom is -0.455 e. The van der Waals surface area contributed by atoms with E-state index in [0.29, 0.717) is 21.7 Å². The number of anilines is 1. The molecule has 2 N–H and O–H groups in total. The molecule has 0 saturated heterocycles. The zero-order chi connectivity index (χ0) is 13.3. The predicted molar refractivity (Wildman–Crippen MR) is 74.5 cm³/mol. The van der Waals surface area contributed by atoms with Crippen molar-refractivity contribution in [3.8, 4) is 11.5 Å². The second-order valence-corrected chi connectivity index (χ2v) is 4.96. The van der Waals surface area contributed by atoms with Crippen LogP contribution in [-0.2, 0) is 0 Å². The number of hydrogen-bond donors (Lipinski definition) is 1. The molecule has 0 radical (unpaired) electrons. The van der Waals surface area contributed by atoms with Crippen molar-refractivity contribution >= 4 is 21.6 Å². The van der Waals surface area contributed by atoms with Crippen molar-refractivity contribution in [1.29, 1.82) is 0 Å². The van der Waals surface area contributed by atoms with Crippen molar-refractivity contribution in [2.75, 3.05) is 5.73 Å². The highest BCUT2D eigenvalue weighted by atomic mass is 79.9. The maximum atomic E-state index is 13.5.